The number of carbonyl (C=O) groups is 2. The third-order valence-corrected chi connectivity index (χ3v) is 2.97. The number of hydrogen-bond acceptors (Lipinski definition) is 4. The fraction of sp³-hybridized carbons (Fsp3) is 0.0909. The Kier molecular flexibility index (Phi) is 2.70. The lowest BCUT2D eigenvalue weighted by Gasteiger charge is -2.00. The summed E-state index contributed by atoms with van der Waals surface area (Å²) in [7, 11) is 0. The minimum absolute atomic E-state index is 0.210. The van der Waals surface area contributed by atoms with Crippen LogP contribution in [0.1, 0.15) is 11.1 Å². The second kappa shape index (κ2) is 4.02. The molecule has 0 spiro atoms. The fourth-order valence-corrected chi connectivity index (χ4v) is 2.02. The summed E-state index contributed by atoms with van der Waals surface area (Å²) in [6.45, 7) is 1.77. The molecular formula is C11H9NO3S. The Balaban J connectivity index is 2.32. The summed E-state index contributed by atoms with van der Waals surface area (Å²) >= 11 is 0.878. The van der Waals surface area contributed by atoms with E-state index in [1.54, 1.807) is 31.2 Å². The Bertz CT molecular complexity index is 508. The quantitative estimate of drug-likeness (QED) is 0.731. The minimum atomic E-state index is -0.374. The van der Waals surface area contributed by atoms with Crippen LogP contribution in [0.5, 0.6) is 5.75 Å². The molecule has 0 unspecified atom stereocenters. The number of benzene rings is 1. The van der Waals surface area contributed by atoms with Gasteiger partial charge in [0, 0.05) is 0 Å². The van der Waals surface area contributed by atoms with Crippen LogP contribution in [0.4, 0.5) is 4.79 Å². The first-order valence-corrected chi connectivity index (χ1v) is 5.42. The number of carbonyl (C=O) groups excluding carboxylic acids is 2. The number of amides is 2. The zero-order chi connectivity index (χ0) is 11.7. The van der Waals surface area contributed by atoms with Gasteiger partial charge in [-0.15, -0.1) is 0 Å². The Hall–Kier alpha value is -1.75. The summed E-state index contributed by atoms with van der Waals surface area (Å²) in [4.78, 5) is 22.6. The summed E-state index contributed by atoms with van der Waals surface area (Å²) in [5.74, 6) is -0.164. The third-order valence-electron chi connectivity index (χ3n) is 2.16. The van der Waals surface area contributed by atoms with Crippen LogP contribution in [0.25, 0.3) is 6.08 Å². The van der Waals surface area contributed by atoms with Crippen molar-refractivity contribution in [2.75, 3.05) is 0 Å². The normalized spacial score (nSPS) is 17.9. The molecule has 1 aromatic rings. The first-order valence-electron chi connectivity index (χ1n) is 4.61. The SMILES string of the molecule is Cc1cc(/C=C2\SC(=O)NC2=O)ccc1O. The van der Waals surface area contributed by atoms with Crippen molar-refractivity contribution in [2.45, 2.75) is 6.92 Å². The minimum Gasteiger partial charge on any atom is -0.508 e. The lowest BCUT2D eigenvalue weighted by atomic mass is 10.1. The molecule has 1 aliphatic heterocycles. The standard InChI is InChI=1S/C11H9NO3S/c1-6-4-7(2-3-8(6)13)5-9-10(14)12-11(15)16-9/h2-5,13H,1H3,(H,12,14,15)/b9-5-. The molecule has 82 valence electrons. The van der Waals surface area contributed by atoms with Crippen LogP contribution in [0.15, 0.2) is 23.1 Å². The predicted molar refractivity (Wildman–Crippen MR) is 62.0 cm³/mol. The van der Waals surface area contributed by atoms with Gasteiger partial charge in [-0.25, -0.2) is 0 Å². The van der Waals surface area contributed by atoms with E-state index in [-0.39, 0.29) is 16.9 Å². The van der Waals surface area contributed by atoms with Gasteiger partial charge in [0.15, 0.2) is 0 Å². The van der Waals surface area contributed by atoms with E-state index < -0.39 is 0 Å². The predicted octanol–water partition coefficient (Wildman–Crippen LogP) is 2.02. The molecular weight excluding hydrogens is 226 g/mol. The Morgan fingerprint density at radius 1 is 1.38 bits per heavy atom. The molecule has 0 radical (unpaired) electrons. The lowest BCUT2D eigenvalue weighted by Crippen LogP contribution is -2.17. The molecule has 2 N–H and O–H groups in total. The Morgan fingerprint density at radius 2 is 2.12 bits per heavy atom. The summed E-state index contributed by atoms with van der Waals surface area (Å²) in [6, 6.07) is 4.99. The van der Waals surface area contributed by atoms with Crippen molar-refractivity contribution >= 4 is 29.0 Å². The van der Waals surface area contributed by atoms with Crippen molar-refractivity contribution in [1.82, 2.24) is 5.32 Å². The summed E-state index contributed by atoms with van der Waals surface area (Å²) in [6.07, 6.45) is 1.62. The zero-order valence-electron chi connectivity index (χ0n) is 8.48. The lowest BCUT2D eigenvalue weighted by molar-refractivity contribution is -0.115. The molecule has 1 aliphatic rings. The van der Waals surface area contributed by atoms with Crippen molar-refractivity contribution < 1.29 is 14.7 Å². The van der Waals surface area contributed by atoms with E-state index >= 15 is 0 Å². The Labute approximate surface area is 96.4 Å². The van der Waals surface area contributed by atoms with E-state index in [0.29, 0.717) is 4.91 Å². The van der Waals surface area contributed by atoms with Crippen LogP contribution in [0, 0.1) is 6.92 Å². The monoisotopic (exact) mass is 235 g/mol. The van der Waals surface area contributed by atoms with E-state index in [1.807, 2.05) is 0 Å². The second-order valence-corrected chi connectivity index (χ2v) is 4.41. The average molecular weight is 235 g/mol. The van der Waals surface area contributed by atoms with Gasteiger partial charge >= 0.3 is 0 Å². The molecule has 4 nitrogen and oxygen atoms in total. The number of aromatic hydroxyl groups is 1. The number of thioether (sulfide) groups is 1. The van der Waals surface area contributed by atoms with Crippen molar-refractivity contribution in [2.24, 2.45) is 0 Å². The van der Waals surface area contributed by atoms with E-state index in [0.717, 1.165) is 22.9 Å². The van der Waals surface area contributed by atoms with Crippen molar-refractivity contribution in [3.8, 4) is 5.75 Å². The summed E-state index contributed by atoms with van der Waals surface area (Å²) in [5, 5.41) is 11.2. The highest BCUT2D eigenvalue weighted by atomic mass is 32.2. The molecule has 1 aromatic carbocycles. The number of phenolic OH excluding ortho intramolecular Hbond substituents is 1. The largest absolute Gasteiger partial charge is 0.508 e. The molecule has 0 aliphatic carbocycles. The molecule has 1 saturated heterocycles. The molecule has 0 bridgehead atoms. The van der Waals surface area contributed by atoms with Gasteiger partial charge < -0.3 is 5.11 Å². The van der Waals surface area contributed by atoms with E-state index in [2.05, 4.69) is 5.32 Å². The molecule has 0 aromatic heterocycles. The number of rotatable bonds is 1. The molecule has 2 amide bonds. The van der Waals surface area contributed by atoms with E-state index in [4.69, 9.17) is 0 Å². The van der Waals surface area contributed by atoms with Crippen molar-refractivity contribution in [1.29, 1.82) is 0 Å². The number of aryl methyl sites for hydroxylation is 1. The van der Waals surface area contributed by atoms with Gasteiger partial charge in [0.25, 0.3) is 11.1 Å². The second-order valence-electron chi connectivity index (χ2n) is 3.40. The molecule has 16 heavy (non-hydrogen) atoms. The first-order chi connectivity index (χ1) is 7.56. The maximum atomic E-state index is 11.3. The molecule has 1 fully saturated rings. The van der Waals surface area contributed by atoms with Crippen LogP contribution in [-0.4, -0.2) is 16.3 Å². The topological polar surface area (TPSA) is 66.4 Å². The summed E-state index contributed by atoms with van der Waals surface area (Å²) in [5.41, 5.74) is 1.51. The molecule has 0 saturated carbocycles. The maximum Gasteiger partial charge on any atom is 0.290 e. The van der Waals surface area contributed by atoms with Crippen LogP contribution < -0.4 is 5.32 Å². The molecule has 5 heteroatoms. The van der Waals surface area contributed by atoms with Gasteiger partial charge in [-0.2, -0.15) is 0 Å². The van der Waals surface area contributed by atoms with Gasteiger partial charge in [0.05, 0.1) is 4.91 Å². The van der Waals surface area contributed by atoms with E-state index in [9.17, 15) is 14.7 Å². The Morgan fingerprint density at radius 3 is 2.69 bits per heavy atom. The van der Waals surface area contributed by atoms with Crippen LogP contribution in [0.2, 0.25) is 0 Å². The highest BCUT2D eigenvalue weighted by Crippen LogP contribution is 2.26. The van der Waals surface area contributed by atoms with Gasteiger partial charge in [-0.3, -0.25) is 14.9 Å². The van der Waals surface area contributed by atoms with Crippen molar-refractivity contribution in [3.63, 3.8) is 0 Å². The molecule has 1 heterocycles. The van der Waals surface area contributed by atoms with Gasteiger partial charge in [-0.05, 0) is 48.0 Å². The molecule has 0 atom stereocenters. The number of imide groups is 1. The van der Waals surface area contributed by atoms with Crippen molar-refractivity contribution in [3.05, 3.63) is 34.2 Å². The highest BCUT2D eigenvalue weighted by molar-refractivity contribution is 8.18. The average Bonchev–Trinajstić information content (AvgIpc) is 2.51. The molecule has 2 rings (SSSR count). The third kappa shape index (κ3) is 2.09. The summed E-state index contributed by atoms with van der Waals surface area (Å²) < 4.78 is 0. The highest BCUT2D eigenvalue weighted by Gasteiger charge is 2.24. The van der Waals surface area contributed by atoms with Crippen LogP contribution in [-0.2, 0) is 4.79 Å². The number of phenols is 1. The van der Waals surface area contributed by atoms with Gasteiger partial charge in [0.1, 0.15) is 5.75 Å². The smallest absolute Gasteiger partial charge is 0.290 e. The van der Waals surface area contributed by atoms with Crippen LogP contribution >= 0.6 is 11.8 Å². The zero-order valence-corrected chi connectivity index (χ0v) is 9.30. The maximum absolute atomic E-state index is 11.3. The van der Waals surface area contributed by atoms with Gasteiger partial charge in [-0.1, -0.05) is 6.07 Å². The van der Waals surface area contributed by atoms with Crippen LogP contribution in [0.3, 0.4) is 0 Å². The van der Waals surface area contributed by atoms with E-state index in [1.165, 1.54) is 0 Å². The van der Waals surface area contributed by atoms with Gasteiger partial charge in [0.2, 0.25) is 0 Å². The fourth-order valence-electron chi connectivity index (χ4n) is 1.34. The number of hydrogen-bond donors (Lipinski definition) is 2. The number of nitrogens with one attached hydrogen (secondary N) is 1. The first kappa shape index (κ1) is 10.8.